The molecule has 5 nitrogen and oxygen atoms in total. The molecule has 0 unspecified atom stereocenters. The molecule has 3 aromatic heterocycles. The van der Waals surface area contributed by atoms with E-state index in [9.17, 15) is 4.79 Å². The SMILES string of the molecule is C=CCn1c(SCc2nc3ccc(C)cc3[nH]2)nc2sc(C)cc2c1=O. The van der Waals surface area contributed by atoms with Crippen molar-refractivity contribution in [2.24, 2.45) is 0 Å². The Balaban J connectivity index is 1.69. The lowest BCUT2D eigenvalue weighted by Crippen LogP contribution is -2.22. The third kappa shape index (κ3) is 3.08. The molecule has 0 aliphatic carbocycles. The van der Waals surface area contributed by atoms with Crippen LogP contribution in [0, 0.1) is 13.8 Å². The van der Waals surface area contributed by atoms with Gasteiger partial charge in [0.05, 0.1) is 22.2 Å². The quantitative estimate of drug-likeness (QED) is 0.315. The van der Waals surface area contributed by atoms with Crippen molar-refractivity contribution in [2.45, 2.75) is 31.3 Å². The zero-order valence-corrected chi connectivity index (χ0v) is 16.2. The topological polar surface area (TPSA) is 63.6 Å². The number of thiophene rings is 1. The second-order valence-electron chi connectivity index (χ2n) is 6.17. The number of benzene rings is 1. The fourth-order valence-corrected chi connectivity index (χ4v) is 4.70. The number of nitrogens with zero attached hydrogens (tertiary/aromatic N) is 3. The molecule has 132 valence electrons. The van der Waals surface area contributed by atoms with Gasteiger partial charge in [-0.05, 0) is 37.6 Å². The molecule has 4 aromatic rings. The average Bonchev–Trinajstić information content (AvgIpc) is 3.18. The summed E-state index contributed by atoms with van der Waals surface area (Å²) in [6.07, 6.45) is 1.72. The molecule has 0 spiro atoms. The molecule has 3 heterocycles. The summed E-state index contributed by atoms with van der Waals surface area (Å²) in [5, 5.41) is 1.37. The number of fused-ring (bicyclic) bond motifs is 2. The van der Waals surface area contributed by atoms with Crippen molar-refractivity contribution in [1.82, 2.24) is 19.5 Å². The minimum absolute atomic E-state index is 0.0121. The number of allylic oxidation sites excluding steroid dienone is 1. The molecule has 1 aromatic carbocycles. The fraction of sp³-hybridized carbons (Fsp3) is 0.211. The highest BCUT2D eigenvalue weighted by Crippen LogP contribution is 2.26. The summed E-state index contributed by atoms with van der Waals surface area (Å²) >= 11 is 3.06. The zero-order chi connectivity index (χ0) is 18.3. The molecule has 0 aliphatic rings. The molecule has 0 saturated heterocycles. The minimum Gasteiger partial charge on any atom is -0.341 e. The molecule has 0 radical (unpaired) electrons. The molecule has 0 bridgehead atoms. The van der Waals surface area contributed by atoms with Crippen LogP contribution in [0.5, 0.6) is 0 Å². The summed E-state index contributed by atoms with van der Waals surface area (Å²) < 4.78 is 1.68. The van der Waals surface area contributed by atoms with E-state index in [1.165, 1.54) is 17.3 Å². The lowest BCUT2D eigenvalue weighted by Gasteiger charge is -2.09. The lowest BCUT2D eigenvalue weighted by atomic mass is 10.2. The molecule has 0 fully saturated rings. The standard InChI is InChI=1S/C19H18N4OS2/c1-4-7-23-18(24)13-9-12(3)26-17(13)22-19(23)25-10-16-20-14-6-5-11(2)8-15(14)21-16/h4-6,8-9H,1,7,10H2,2-3H3,(H,20,21). The van der Waals surface area contributed by atoms with Crippen molar-refractivity contribution >= 4 is 44.3 Å². The van der Waals surface area contributed by atoms with Gasteiger partial charge in [0, 0.05) is 11.4 Å². The Labute approximate surface area is 158 Å². The van der Waals surface area contributed by atoms with Gasteiger partial charge in [0.2, 0.25) is 0 Å². The molecule has 0 aliphatic heterocycles. The Hall–Kier alpha value is -2.38. The number of thioether (sulfide) groups is 1. The fourth-order valence-electron chi connectivity index (χ4n) is 2.90. The van der Waals surface area contributed by atoms with Crippen LogP contribution < -0.4 is 5.56 Å². The van der Waals surface area contributed by atoms with Gasteiger partial charge in [-0.25, -0.2) is 9.97 Å². The van der Waals surface area contributed by atoms with E-state index < -0.39 is 0 Å². The van der Waals surface area contributed by atoms with Crippen molar-refractivity contribution in [1.29, 1.82) is 0 Å². The summed E-state index contributed by atoms with van der Waals surface area (Å²) in [5.74, 6) is 1.49. The number of H-pyrrole nitrogens is 1. The Morgan fingerprint density at radius 1 is 1.31 bits per heavy atom. The lowest BCUT2D eigenvalue weighted by molar-refractivity contribution is 0.672. The van der Waals surface area contributed by atoms with Gasteiger partial charge in [-0.1, -0.05) is 23.9 Å². The van der Waals surface area contributed by atoms with Crippen molar-refractivity contribution < 1.29 is 0 Å². The van der Waals surface area contributed by atoms with Crippen LogP contribution in [0.1, 0.15) is 16.3 Å². The maximum atomic E-state index is 12.8. The largest absolute Gasteiger partial charge is 0.341 e. The van der Waals surface area contributed by atoms with Gasteiger partial charge in [0.25, 0.3) is 5.56 Å². The van der Waals surface area contributed by atoms with Crippen LogP contribution in [0.4, 0.5) is 0 Å². The van der Waals surface area contributed by atoms with Gasteiger partial charge >= 0.3 is 0 Å². The van der Waals surface area contributed by atoms with Crippen molar-refractivity contribution in [3.63, 3.8) is 0 Å². The summed E-state index contributed by atoms with van der Waals surface area (Å²) in [5.41, 5.74) is 3.16. The molecule has 4 rings (SSSR count). The third-order valence-corrected chi connectivity index (χ3v) is 6.01. The van der Waals surface area contributed by atoms with Crippen LogP contribution in [-0.4, -0.2) is 19.5 Å². The highest BCUT2D eigenvalue weighted by atomic mass is 32.2. The number of nitrogens with one attached hydrogen (secondary N) is 1. The first-order valence-corrected chi connectivity index (χ1v) is 10.1. The van der Waals surface area contributed by atoms with Crippen molar-refractivity contribution in [3.8, 4) is 0 Å². The summed E-state index contributed by atoms with van der Waals surface area (Å²) in [4.78, 5) is 27.3. The van der Waals surface area contributed by atoms with Crippen LogP contribution in [0.2, 0.25) is 0 Å². The number of aryl methyl sites for hydroxylation is 2. The first kappa shape index (κ1) is 17.1. The average molecular weight is 383 g/mol. The number of aromatic amines is 1. The second-order valence-corrected chi connectivity index (χ2v) is 8.34. The van der Waals surface area contributed by atoms with Crippen LogP contribution in [0.15, 0.2) is 46.9 Å². The van der Waals surface area contributed by atoms with Gasteiger partial charge in [-0.15, -0.1) is 17.9 Å². The summed E-state index contributed by atoms with van der Waals surface area (Å²) in [6.45, 7) is 8.26. The number of hydrogen-bond acceptors (Lipinski definition) is 5. The van der Waals surface area contributed by atoms with Crippen LogP contribution in [-0.2, 0) is 12.3 Å². The van der Waals surface area contributed by atoms with Crippen LogP contribution in [0.25, 0.3) is 21.3 Å². The number of hydrogen-bond donors (Lipinski definition) is 1. The van der Waals surface area contributed by atoms with E-state index in [4.69, 9.17) is 4.98 Å². The van der Waals surface area contributed by atoms with E-state index in [0.717, 1.165) is 26.6 Å². The monoisotopic (exact) mass is 382 g/mol. The predicted octanol–water partition coefficient (Wildman–Crippen LogP) is 4.43. The predicted molar refractivity (Wildman–Crippen MR) is 109 cm³/mol. The molecule has 1 N–H and O–H groups in total. The van der Waals surface area contributed by atoms with Gasteiger partial charge in [-0.3, -0.25) is 9.36 Å². The second kappa shape index (κ2) is 6.74. The smallest absolute Gasteiger partial charge is 0.263 e. The molecular weight excluding hydrogens is 364 g/mol. The Bertz CT molecular complexity index is 1190. The first-order valence-electron chi connectivity index (χ1n) is 8.25. The first-order chi connectivity index (χ1) is 12.5. The molecule has 26 heavy (non-hydrogen) atoms. The summed E-state index contributed by atoms with van der Waals surface area (Å²) in [6, 6.07) is 8.06. The number of imidazole rings is 1. The number of aromatic nitrogens is 4. The zero-order valence-electron chi connectivity index (χ0n) is 14.6. The molecule has 0 atom stereocenters. The molecule has 7 heteroatoms. The highest BCUT2D eigenvalue weighted by molar-refractivity contribution is 7.98. The number of rotatable bonds is 5. The maximum Gasteiger partial charge on any atom is 0.263 e. The van der Waals surface area contributed by atoms with E-state index in [-0.39, 0.29) is 5.56 Å². The van der Waals surface area contributed by atoms with Gasteiger partial charge in [0.1, 0.15) is 10.7 Å². The minimum atomic E-state index is -0.0121. The molecular formula is C19H18N4OS2. The van der Waals surface area contributed by atoms with Crippen LogP contribution >= 0.6 is 23.1 Å². The maximum absolute atomic E-state index is 12.8. The Morgan fingerprint density at radius 3 is 2.96 bits per heavy atom. The van der Waals surface area contributed by atoms with E-state index in [1.807, 2.05) is 19.1 Å². The van der Waals surface area contributed by atoms with E-state index in [0.29, 0.717) is 22.8 Å². The molecule has 0 amide bonds. The van der Waals surface area contributed by atoms with Crippen molar-refractivity contribution in [3.05, 3.63) is 63.5 Å². The van der Waals surface area contributed by atoms with Gasteiger partial charge < -0.3 is 4.98 Å². The Morgan fingerprint density at radius 2 is 2.15 bits per heavy atom. The Kier molecular flexibility index (Phi) is 4.42. The highest BCUT2D eigenvalue weighted by Gasteiger charge is 2.14. The normalized spacial score (nSPS) is 11.5. The molecule has 0 saturated carbocycles. The van der Waals surface area contributed by atoms with Crippen molar-refractivity contribution in [2.75, 3.05) is 0 Å². The van der Waals surface area contributed by atoms with E-state index in [2.05, 4.69) is 35.6 Å². The summed E-state index contributed by atoms with van der Waals surface area (Å²) in [7, 11) is 0. The van der Waals surface area contributed by atoms with Crippen LogP contribution in [0.3, 0.4) is 0 Å². The van der Waals surface area contributed by atoms with Gasteiger partial charge in [0.15, 0.2) is 5.16 Å². The van der Waals surface area contributed by atoms with E-state index in [1.54, 1.807) is 22.0 Å². The van der Waals surface area contributed by atoms with Gasteiger partial charge in [-0.2, -0.15) is 0 Å². The third-order valence-electron chi connectivity index (χ3n) is 4.08. The van der Waals surface area contributed by atoms with E-state index >= 15 is 0 Å².